The zero-order valence-electron chi connectivity index (χ0n) is 15.4. The summed E-state index contributed by atoms with van der Waals surface area (Å²) in [6.45, 7) is 1.50. The zero-order valence-corrected chi connectivity index (χ0v) is 16.1. The lowest BCUT2D eigenvalue weighted by Crippen LogP contribution is -2.41. The Morgan fingerprint density at radius 1 is 1.27 bits per heavy atom. The van der Waals surface area contributed by atoms with E-state index in [9.17, 15) is 31.9 Å². The second-order valence-electron chi connectivity index (χ2n) is 6.55. The van der Waals surface area contributed by atoms with Gasteiger partial charge in [-0.15, -0.1) is 0 Å². The minimum absolute atomic E-state index is 0.0759. The summed E-state index contributed by atoms with van der Waals surface area (Å²) in [6, 6.07) is 1.33. The molecule has 1 unspecified atom stereocenters. The Labute approximate surface area is 169 Å². The number of rotatable bonds is 4. The molecule has 3 aromatic rings. The van der Waals surface area contributed by atoms with Gasteiger partial charge in [-0.25, -0.2) is 13.8 Å². The van der Waals surface area contributed by atoms with Crippen molar-refractivity contribution in [3.05, 3.63) is 55.7 Å². The molecule has 160 valence electrons. The predicted molar refractivity (Wildman–Crippen MR) is 97.5 cm³/mol. The van der Waals surface area contributed by atoms with Gasteiger partial charge in [-0.3, -0.25) is 18.8 Å². The van der Waals surface area contributed by atoms with Crippen molar-refractivity contribution in [1.29, 1.82) is 0 Å². The molecule has 2 aromatic heterocycles. The molecule has 13 heteroatoms. The first-order chi connectivity index (χ1) is 13.8. The SMILES string of the molecule is CC(CC(=O)O)n1nc(Cl)c2cc(F)c(-n3c(=O)cc(C(F)(F)F)n(C)c3=O)cc21. The van der Waals surface area contributed by atoms with Gasteiger partial charge in [-0.2, -0.15) is 18.3 Å². The van der Waals surface area contributed by atoms with Crippen LogP contribution in [0.15, 0.2) is 27.8 Å². The monoisotopic (exact) mass is 448 g/mol. The van der Waals surface area contributed by atoms with Crippen LogP contribution in [-0.2, 0) is 18.0 Å². The van der Waals surface area contributed by atoms with Crippen LogP contribution in [0.3, 0.4) is 0 Å². The molecule has 1 N–H and O–H groups in total. The van der Waals surface area contributed by atoms with Crippen LogP contribution in [0, 0.1) is 5.82 Å². The molecular weight excluding hydrogens is 436 g/mol. The molecule has 2 heterocycles. The summed E-state index contributed by atoms with van der Waals surface area (Å²) in [7, 11) is 0.799. The summed E-state index contributed by atoms with van der Waals surface area (Å²) in [5.74, 6) is -2.24. The molecule has 0 fully saturated rings. The first-order valence-electron chi connectivity index (χ1n) is 8.32. The van der Waals surface area contributed by atoms with E-state index < -0.39 is 46.6 Å². The first kappa shape index (κ1) is 21.6. The van der Waals surface area contributed by atoms with Crippen molar-refractivity contribution >= 4 is 28.5 Å². The molecule has 0 spiro atoms. The predicted octanol–water partition coefficient (Wildman–Crippen LogP) is 2.73. The summed E-state index contributed by atoms with van der Waals surface area (Å²) in [4.78, 5) is 35.7. The van der Waals surface area contributed by atoms with Crippen molar-refractivity contribution in [2.24, 2.45) is 7.05 Å². The van der Waals surface area contributed by atoms with E-state index in [1.54, 1.807) is 0 Å². The number of hydrogen-bond donors (Lipinski definition) is 1. The lowest BCUT2D eigenvalue weighted by molar-refractivity contribution is -0.144. The highest BCUT2D eigenvalue weighted by atomic mass is 35.5. The maximum Gasteiger partial charge on any atom is 0.431 e. The Kier molecular flexibility index (Phi) is 5.23. The highest BCUT2D eigenvalue weighted by Crippen LogP contribution is 2.30. The molecule has 3 rings (SSSR count). The Balaban J connectivity index is 2.32. The van der Waals surface area contributed by atoms with Crippen LogP contribution in [0.25, 0.3) is 16.6 Å². The van der Waals surface area contributed by atoms with E-state index in [0.29, 0.717) is 0 Å². The molecule has 1 atom stereocenters. The van der Waals surface area contributed by atoms with Gasteiger partial charge in [0.1, 0.15) is 11.5 Å². The molecule has 0 aliphatic carbocycles. The van der Waals surface area contributed by atoms with Gasteiger partial charge in [-0.05, 0) is 19.1 Å². The van der Waals surface area contributed by atoms with E-state index >= 15 is 0 Å². The smallest absolute Gasteiger partial charge is 0.431 e. The van der Waals surface area contributed by atoms with Crippen molar-refractivity contribution in [2.75, 3.05) is 0 Å². The average molecular weight is 449 g/mol. The fourth-order valence-corrected chi connectivity index (χ4v) is 3.31. The number of hydrogen-bond acceptors (Lipinski definition) is 4. The zero-order chi connectivity index (χ0) is 22.5. The average Bonchev–Trinajstić information content (AvgIpc) is 2.93. The second kappa shape index (κ2) is 7.27. The van der Waals surface area contributed by atoms with E-state index in [-0.39, 0.29) is 37.7 Å². The standard InChI is InChI=1S/C17H13ClF4N4O4/c1-7(3-14(28)29)26-10-5-11(9(19)4-8(10)15(18)23-26)25-13(27)6-12(17(20,21)22)24(2)16(25)30/h4-7H,3H2,1-2H3,(H,28,29). The van der Waals surface area contributed by atoms with E-state index in [1.165, 1.54) is 11.6 Å². The number of alkyl halides is 3. The third-order valence-electron chi connectivity index (χ3n) is 4.47. The maximum absolute atomic E-state index is 14.7. The van der Waals surface area contributed by atoms with E-state index in [1.807, 2.05) is 0 Å². The largest absolute Gasteiger partial charge is 0.481 e. The molecule has 0 saturated heterocycles. The van der Waals surface area contributed by atoms with Crippen LogP contribution >= 0.6 is 11.6 Å². The molecule has 30 heavy (non-hydrogen) atoms. The minimum atomic E-state index is -4.97. The fraction of sp³-hybridized carbons (Fsp3) is 0.294. The van der Waals surface area contributed by atoms with E-state index in [4.69, 9.17) is 16.7 Å². The summed E-state index contributed by atoms with van der Waals surface area (Å²) in [5, 5.41) is 12.9. The van der Waals surface area contributed by atoms with E-state index in [2.05, 4.69) is 5.10 Å². The first-order valence-corrected chi connectivity index (χ1v) is 8.70. The topological polar surface area (TPSA) is 99.1 Å². The van der Waals surface area contributed by atoms with Gasteiger partial charge in [0.15, 0.2) is 5.15 Å². The number of carboxylic acids is 1. The Bertz CT molecular complexity index is 1290. The van der Waals surface area contributed by atoms with Crippen LogP contribution in [-0.4, -0.2) is 30.0 Å². The normalized spacial score (nSPS) is 13.0. The summed E-state index contributed by atoms with van der Waals surface area (Å²) >= 11 is 5.98. The van der Waals surface area contributed by atoms with Crippen molar-refractivity contribution in [2.45, 2.75) is 25.6 Å². The van der Waals surface area contributed by atoms with E-state index in [0.717, 1.165) is 19.2 Å². The van der Waals surface area contributed by atoms with Gasteiger partial charge in [0.2, 0.25) is 0 Å². The quantitative estimate of drug-likeness (QED) is 0.619. The molecule has 0 amide bonds. The van der Waals surface area contributed by atoms with Gasteiger partial charge in [0, 0.05) is 18.5 Å². The molecule has 0 bridgehead atoms. The molecular formula is C17H13ClF4N4O4. The van der Waals surface area contributed by atoms with Gasteiger partial charge in [-0.1, -0.05) is 11.6 Å². The third kappa shape index (κ3) is 3.58. The van der Waals surface area contributed by atoms with Crippen LogP contribution < -0.4 is 11.2 Å². The van der Waals surface area contributed by atoms with Gasteiger partial charge >= 0.3 is 17.8 Å². The number of benzene rings is 1. The number of aliphatic carboxylic acids is 1. The summed E-state index contributed by atoms with van der Waals surface area (Å²) in [6.07, 6.45) is -5.32. The molecule has 0 saturated carbocycles. The number of carbonyl (C=O) groups is 1. The summed E-state index contributed by atoms with van der Waals surface area (Å²) < 4.78 is 55.4. The lowest BCUT2D eigenvalue weighted by atomic mass is 10.2. The Hall–Kier alpha value is -3.15. The van der Waals surface area contributed by atoms with Crippen molar-refractivity contribution in [3.63, 3.8) is 0 Å². The second-order valence-corrected chi connectivity index (χ2v) is 6.90. The third-order valence-corrected chi connectivity index (χ3v) is 4.75. The molecule has 8 nitrogen and oxygen atoms in total. The minimum Gasteiger partial charge on any atom is -0.481 e. The summed E-state index contributed by atoms with van der Waals surface area (Å²) in [5.41, 5.74) is -4.82. The maximum atomic E-state index is 14.7. The van der Waals surface area contributed by atoms with Gasteiger partial charge < -0.3 is 5.11 Å². The molecule has 0 aliphatic heterocycles. The highest BCUT2D eigenvalue weighted by molar-refractivity contribution is 6.34. The van der Waals surface area contributed by atoms with Crippen LogP contribution in [0.4, 0.5) is 17.6 Å². The van der Waals surface area contributed by atoms with Crippen molar-refractivity contribution < 1.29 is 27.5 Å². The van der Waals surface area contributed by atoms with Gasteiger partial charge in [0.25, 0.3) is 5.56 Å². The molecule has 0 aliphatic rings. The van der Waals surface area contributed by atoms with Crippen LogP contribution in [0.1, 0.15) is 25.1 Å². The van der Waals surface area contributed by atoms with Crippen LogP contribution in [0.2, 0.25) is 5.15 Å². The number of aromatic nitrogens is 4. The highest BCUT2D eigenvalue weighted by Gasteiger charge is 2.35. The molecule has 0 radical (unpaired) electrons. The Morgan fingerprint density at radius 2 is 1.90 bits per heavy atom. The number of halogens is 5. The molecule has 1 aromatic carbocycles. The van der Waals surface area contributed by atoms with Crippen LogP contribution in [0.5, 0.6) is 0 Å². The number of carboxylic acid groups (broad SMARTS) is 1. The van der Waals surface area contributed by atoms with Crippen molar-refractivity contribution in [3.8, 4) is 5.69 Å². The number of nitrogens with zero attached hydrogens (tertiary/aromatic N) is 4. The van der Waals surface area contributed by atoms with Crippen molar-refractivity contribution in [1.82, 2.24) is 18.9 Å². The Morgan fingerprint density at radius 3 is 2.47 bits per heavy atom. The lowest BCUT2D eigenvalue weighted by Gasteiger charge is -2.15. The fourth-order valence-electron chi connectivity index (χ4n) is 3.07. The number of fused-ring (bicyclic) bond motifs is 1. The van der Waals surface area contributed by atoms with Gasteiger partial charge in [0.05, 0.1) is 23.7 Å².